The zero-order chi connectivity index (χ0) is 26.7. The van der Waals surface area contributed by atoms with Crippen LogP contribution in [0.3, 0.4) is 0 Å². The molecule has 1 amide bonds. The van der Waals surface area contributed by atoms with Crippen molar-refractivity contribution >= 4 is 11.9 Å². The van der Waals surface area contributed by atoms with Gasteiger partial charge in [0.25, 0.3) is 0 Å². The molecule has 0 aromatic heterocycles. The lowest BCUT2D eigenvalue weighted by Gasteiger charge is -2.32. The second-order valence-corrected chi connectivity index (χ2v) is 9.17. The van der Waals surface area contributed by atoms with Gasteiger partial charge in [-0.15, -0.1) is 0 Å². The van der Waals surface area contributed by atoms with Crippen molar-refractivity contribution in [2.24, 2.45) is 0 Å². The zero-order valence-corrected chi connectivity index (χ0v) is 22.0. The van der Waals surface area contributed by atoms with Gasteiger partial charge in [-0.1, -0.05) is 6.07 Å². The van der Waals surface area contributed by atoms with Gasteiger partial charge in [-0.25, -0.2) is 4.79 Å². The number of nitrogens with zero attached hydrogens (tertiary/aromatic N) is 1. The molecule has 1 N–H and O–H groups in total. The first-order valence-corrected chi connectivity index (χ1v) is 12.9. The summed E-state index contributed by atoms with van der Waals surface area (Å²) in [7, 11) is 2.92. The fraction of sp³-hybridized carbons (Fsp3) is 0.500. The number of rotatable bonds is 13. The molecule has 1 fully saturated rings. The first-order valence-electron chi connectivity index (χ1n) is 12.9. The quantitative estimate of drug-likeness (QED) is 0.393. The van der Waals surface area contributed by atoms with Crippen molar-refractivity contribution in [1.29, 1.82) is 0 Å². The van der Waals surface area contributed by atoms with Crippen LogP contribution < -0.4 is 24.3 Å². The van der Waals surface area contributed by atoms with Crippen molar-refractivity contribution in [2.45, 2.75) is 31.4 Å². The highest BCUT2D eigenvalue weighted by Gasteiger charge is 2.30. The van der Waals surface area contributed by atoms with Crippen LogP contribution in [0.5, 0.6) is 23.0 Å². The number of carbonyl (C=O) groups is 2. The number of likely N-dealkylation sites (tertiary alicyclic amines) is 1. The Morgan fingerprint density at radius 3 is 2.39 bits per heavy atom. The normalized spacial score (nSPS) is 16.4. The maximum absolute atomic E-state index is 13.1. The molecule has 2 aliphatic rings. The summed E-state index contributed by atoms with van der Waals surface area (Å²) in [5.41, 5.74) is 0.775. The molecule has 2 aliphatic heterocycles. The molecule has 38 heavy (non-hydrogen) atoms. The summed E-state index contributed by atoms with van der Waals surface area (Å²) < 4.78 is 33.2. The van der Waals surface area contributed by atoms with Crippen LogP contribution in [0.4, 0.5) is 0 Å². The van der Waals surface area contributed by atoms with Gasteiger partial charge in [0.2, 0.25) is 5.91 Å². The molecule has 0 unspecified atom stereocenters. The van der Waals surface area contributed by atoms with Gasteiger partial charge in [0.1, 0.15) is 37.4 Å². The molecule has 0 saturated carbocycles. The highest BCUT2D eigenvalue weighted by molar-refractivity contribution is 5.76. The third-order valence-electron chi connectivity index (χ3n) is 6.53. The summed E-state index contributed by atoms with van der Waals surface area (Å²) in [6.07, 6.45) is 1.76. The number of carbonyl (C=O) groups excluding carboxylic acids is 2. The summed E-state index contributed by atoms with van der Waals surface area (Å²) in [4.78, 5) is 27.3. The first kappa shape index (κ1) is 27.5. The molecule has 10 nitrogen and oxygen atoms in total. The number of hydrogen-bond donors (Lipinski definition) is 1. The minimum Gasteiger partial charge on any atom is -0.497 e. The number of benzene rings is 2. The Kier molecular flexibility index (Phi) is 10.1. The van der Waals surface area contributed by atoms with Crippen LogP contribution in [0, 0.1) is 0 Å². The number of esters is 1. The molecule has 2 aromatic carbocycles. The van der Waals surface area contributed by atoms with E-state index >= 15 is 0 Å². The second-order valence-electron chi connectivity index (χ2n) is 9.17. The number of methoxy groups -OCH3 is 2. The summed E-state index contributed by atoms with van der Waals surface area (Å²) in [5.74, 6) is 1.99. The third-order valence-corrected chi connectivity index (χ3v) is 6.53. The number of nitrogens with one attached hydrogen (secondary N) is 1. The van der Waals surface area contributed by atoms with Crippen LogP contribution in [0.25, 0.3) is 0 Å². The van der Waals surface area contributed by atoms with Crippen molar-refractivity contribution in [3.05, 3.63) is 48.0 Å². The number of amides is 1. The Balaban J connectivity index is 1.47. The minimum absolute atomic E-state index is 0.160. The molecule has 206 valence electrons. The number of fused-ring (bicyclic) bond motifs is 1. The van der Waals surface area contributed by atoms with E-state index in [0.717, 1.165) is 37.2 Å². The van der Waals surface area contributed by atoms with Gasteiger partial charge in [-0.3, -0.25) is 4.79 Å². The van der Waals surface area contributed by atoms with E-state index in [2.05, 4.69) is 10.2 Å². The number of ether oxygens (including phenoxy) is 6. The van der Waals surface area contributed by atoms with Gasteiger partial charge in [0.15, 0.2) is 11.5 Å². The molecule has 4 rings (SSSR count). The first-order chi connectivity index (χ1) is 18.6. The van der Waals surface area contributed by atoms with Crippen molar-refractivity contribution in [3.63, 3.8) is 0 Å². The van der Waals surface area contributed by atoms with Gasteiger partial charge in [0, 0.05) is 6.54 Å². The highest BCUT2D eigenvalue weighted by atomic mass is 16.6. The standard InChI is InChI=1S/C28H36N2O8/c1-33-21-6-8-22(9-7-21)35-14-11-26(31)29-23(18-30-12-3-4-13-30)28(38-19-27(32)34-2)20-5-10-24-25(17-20)37-16-15-36-24/h5-10,17,23,28H,3-4,11-16,18-19H2,1-2H3,(H,29,31)/t23-,28-/m1/s1. The second kappa shape index (κ2) is 13.9. The lowest BCUT2D eigenvalue weighted by Crippen LogP contribution is -2.48. The fourth-order valence-corrected chi connectivity index (χ4v) is 4.57. The van der Waals surface area contributed by atoms with E-state index in [-0.39, 0.29) is 25.5 Å². The molecular weight excluding hydrogens is 492 g/mol. The van der Waals surface area contributed by atoms with Gasteiger partial charge in [0.05, 0.1) is 33.3 Å². The van der Waals surface area contributed by atoms with E-state index in [1.165, 1.54) is 7.11 Å². The van der Waals surface area contributed by atoms with Crippen molar-refractivity contribution < 1.29 is 38.0 Å². The van der Waals surface area contributed by atoms with Crippen molar-refractivity contribution in [1.82, 2.24) is 10.2 Å². The largest absolute Gasteiger partial charge is 0.497 e. The molecule has 0 radical (unpaired) electrons. The lowest BCUT2D eigenvalue weighted by atomic mass is 10.00. The topological polar surface area (TPSA) is 105 Å². The Morgan fingerprint density at radius 1 is 0.974 bits per heavy atom. The summed E-state index contributed by atoms with van der Waals surface area (Å²) in [5, 5.41) is 3.14. The van der Waals surface area contributed by atoms with Gasteiger partial charge in [-0.05, 0) is 67.9 Å². The van der Waals surface area contributed by atoms with Crippen LogP contribution in [0.1, 0.15) is 30.9 Å². The monoisotopic (exact) mass is 528 g/mol. The summed E-state index contributed by atoms with van der Waals surface area (Å²) in [6.45, 7) is 3.36. The molecule has 0 spiro atoms. The van der Waals surface area contributed by atoms with Crippen molar-refractivity contribution in [2.75, 3.05) is 60.3 Å². The molecule has 2 atom stereocenters. The third kappa shape index (κ3) is 7.75. The van der Waals surface area contributed by atoms with Crippen LogP contribution in [0.15, 0.2) is 42.5 Å². The van der Waals surface area contributed by atoms with E-state index in [4.69, 9.17) is 28.4 Å². The zero-order valence-electron chi connectivity index (χ0n) is 22.0. The van der Waals surface area contributed by atoms with Gasteiger partial charge >= 0.3 is 5.97 Å². The average Bonchev–Trinajstić information content (AvgIpc) is 3.46. The minimum atomic E-state index is -0.614. The van der Waals surface area contributed by atoms with Gasteiger partial charge in [-0.2, -0.15) is 0 Å². The highest BCUT2D eigenvalue weighted by Crippen LogP contribution is 2.35. The summed E-state index contributed by atoms with van der Waals surface area (Å²) >= 11 is 0. The van der Waals surface area contributed by atoms with E-state index in [9.17, 15) is 9.59 Å². The van der Waals surface area contributed by atoms with Crippen LogP contribution in [-0.2, 0) is 19.1 Å². The Morgan fingerprint density at radius 2 is 1.68 bits per heavy atom. The average molecular weight is 529 g/mol. The Hall–Kier alpha value is -3.50. The summed E-state index contributed by atoms with van der Waals surface area (Å²) in [6, 6.07) is 12.3. The smallest absolute Gasteiger partial charge is 0.331 e. The van der Waals surface area contributed by atoms with E-state index < -0.39 is 18.1 Å². The van der Waals surface area contributed by atoms with E-state index in [1.54, 1.807) is 31.4 Å². The molecular formula is C28H36N2O8. The fourth-order valence-electron chi connectivity index (χ4n) is 4.57. The maximum atomic E-state index is 13.1. The van der Waals surface area contributed by atoms with E-state index in [1.807, 2.05) is 18.2 Å². The lowest BCUT2D eigenvalue weighted by molar-refractivity contribution is -0.149. The maximum Gasteiger partial charge on any atom is 0.331 e. The molecule has 1 saturated heterocycles. The van der Waals surface area contributed by atoms with E-state index in [0.29, 0.717) is 37.0 Å². The molecule has 2 aromatic rings. The molecule has 10 heteroatoms. The SMILES string of the molecule is COC(=O)CO[C@H](c1ccc2c(c1)OCCO2)[C@@H](CN1CCCC1)NC(=O)CCOc1ccc(OC)cc1. The Labute approximate surface area is 223 Å². The van der Waals surface area contributed by atoms with Crippen LogP contribution >= 0.6 is 0 Å². The predicted octanol–water partition coefficient (Wildman–Crippen LogP) is 2.75. The van der Waals surface area contributed by atoms with Crippen LogP contribution in [-0.4, -0.2) is 83.1 Å². The molecule has 0 bridgehead atoms. The van der Waals surface area contributed by atoms with Gasteiger partial charge < -0.3 is 38.6 Å². The van der Waals surface area contributed by atoms with Crippen LogP contribution in [0.2, 0.25) is 0 Å². The Bertz CT molecular complexity index is 1060. The number of hydrogen-bond acceptors (Lipinski definition) is 9. The molecule has 2 heterocycles. The van der Waals surface area contributed by atoms with Crippen molar-refractivity contribution in [3.8, 4) is 23.0 Å². The predicted molar refractivity (Wildman–Crippen MR) is 139 cm³/mol. The molecule has 0 aliphatic carbocycles.